The number of amides is 2. The summed E-state index contributed by atoms with van der Waals surface area (Å²) in [6.45, 7) is 12.2. The lowest BCUT2D eigenvalue weighted by Crippen LogP contribution is -2.53. The van der Waals surface area contributed by atoms with Crippen LogP contribution >= 0.6 is 0 Å². The van der Waals surface area contributed by atoms with E-state index in [-0.39, 0.29) is 49.5 Å². The molecular formula is C32H46N4O7. The van der Waals surface area contributed by atoms with E-state index in [2.05, 4.69) is 18.8 Å². The van der Waals surface area contributed by atoms with Gasteiger partial charge in [-0.05, 0) is 57.6 Å². The average molecular weight is 599 g/mol. The quantitative estimate of drug-likeness (QED) is 0.396. The van der Waals surface area contributed by atoms with Crippen LogP contribution in [0.5, 0.6) is 0 Å². The summed E-state index contributed by atoms with van der Waals surface area (Å²) in [5, 5.41) is 9.41. The molecule has 2 fully saturated rings. The standard InChI is InChI=1S/C32H46N4O7/c1-21(2)10-11-24(28(39)29-33-25-8-6-7-9-26(25)36(29)13-12-27(37)38)22-18-23(30(40)34-14-16-42-17-15-34)20-35(19-22)31(41)43-32(3,4)5/h6-9,21-24H,10-20H2,1-5H3,(H,37,38)/t22?,23-,24-/m1/s1. The minimum Gasteiger partial charge on any atom is -0.481 e. The van der Waals surface area contributed by atoms with Gasteiger partial charge in [-0.15, -0.1) is 0 Å². The Morgan fingerprint density at radius 1 is 1.05 bits per heavy atom. The van der Waals surface area contributed by atoms with Gasteiger partial charge in [-0.25, -0.2) is 9.78 Å². The topological polar surface area (TPSA) is 131 Å². The summed E-state index contributed by atoms with van der Waals surface area (Å²) >= 11 is 0. The fourth-order valence-corrected chi connectivity index (χ4v) is 6.08. The Morgan fingerprint density at radius 3 is 2.40 bits per heavy atom. The van der Waals surface area contributed by atoms with Crippen molar-refractivity contribution in [3.63, 3.8) is 0 Å². The van der Waals surface area contributed by atoms with Gasteiger partial charge in [-0.3, -0.25) is 14.4 Å². The molecule has 1 N–H and O–H groups in total. The number of carboxylic acid groups (broad SMARTS) is 1. The molecule has 43 heavy (non-hydrogen) atoms. The SMILES string of the molecule is CC(C)CC[C@@H](C(=O)c1nc2ccccc2n1CCC(=O)O)C1C[C@@H](C(=O)N2CCOCC2)CN(C(=O)OC(C)(C)C)C1. The fourth-order valence-electron chi connectivity index (χ4n) is 6.08. The predicted octanol–water partition coefficient (Wildman–Crippen LogP) is 4.48. The molecule has 1 aromatic carbocycles. The molecule has 236 valence electrons. The average Bonchev–Trinajstić information content (AvgIpc) is 3.33. The number of carboxylic acids is 1. The first kappa shape index (κ1) is 32.4. The van der Waals surface area contributed by atoms with Gasteiger partial charge in [0.25, 0.3) is 0 Å². The number of hydrogen-bond acceptors (Lipinski definition) is 7. The van der Waals surface area contributed by atoms with Gasteiger partial charge >= 0.3 is 12.1 Å². The Balaban J connectivity index is 1.71. The summed E-state index contributed by atoms with van der Waals surface area (Å²) in [5.41, 5.74) is 0.614. The minimum atomic E-state index is -0.961. The number of imidazole rings is 1. The smallest absolute Gasteiger partial charge is 0.410 e. The lowest BCUT2D eigenvalue weighted by molar-refractivity contribution is -0.142. The molecule has 2 aromatic rings. The molecule has 1 aromatic heterocycles. The number of carbonyl (C=O) groups excluding carboxylic acids is 3. The van der Waals surface area contributed by atoms with Crippen LogP contribution in [0.1, 0.15) is 70.9 Å². The van der Waals surface area contributed by atoms with Crippen molar-refractivity contribution in [1.29, 1.82) is 0 Å². The third-order valence-electron chi connectivity index (χ3n) is 8.19. The highest BCUT2D eigenvalue weighted by molar-refractivity contribution is 5.98. The summed E-state index contributed by atoms with van der Waals surface area (Å²) in [5.74, 6) is -1.94. The van der Waals surface area contributed by atoms with Crippen LogP contribution in [0, 0.1) is 23.7 Å². The number of nitrogens with zero attached hydrogens (tertiary/aromatic N) is 4. The molecule has 0 radical (unpaired) electrons. The molecule has 0 spiro atoms. The molecule has 0 aliphatic carbocycles. The van der Waals surface area contributed by atoms with Crippen molar-refractivity contribution >= 4 is 34.8 Å². The van der Waals surface area contributed by atoms with Crippen LogP contribution in [0.2, 0.25) is 0 Å². The largest absolute Gasteiger partial charge is 0.481 e. The van der Waals surface area contributed by atoms with Crippen molar-refractivity contribution < 1.29 is 33.8 Å². The lowest BCUT2D eigenvalue weighted by Gasteiger charge is -2.42. The van der Waals surface area contributed by atoms with Crippen LogP contribution in [-0.4, -0.2) is 93.2 Å². The number of fused-ring (bicyclic) bond motifs is 1. The molecule has 0 bridgehead atoms. The zero-order valence-corrected chi connectivity index (χ0v) is 26.1. The number of Topliss-reactive ketones (excluding diaryl/α,β-unsaturated/α-hetero) is 1. The van der Waals surface area contributed by atoms with E-state index in [1.165, 1.54) is 0 Å². The molecule has 2 saturated heterocycles. The van der Waals surface area contributed by atoms with Gasteiger partial charge in [0.1, 0.15) is 5.60 Å². The van der Waals surface area contributed by atoms with Crippen molar-refractivity contribution in [2.45, 2.75) is 72.4 Å². The van der Waals surface area contributed by atoms with Crippen molar-refractivity contribution in [1.82, 2.24) is 19.4 Å². The number of aliphatic carboxylic acids is 1. The first-order valence-electron chi connectivity index (χ1n) is 15.4. The van der Waals surface area contributed by atoms with E-state index in [1.54, 1.807) is 35.1 Å². The molecule has 3 atom stereocenters. The number of aryl methyl sites for hydroxylation is 1. The van der Waals surface area contributed by atoms with E-state index >= 15 is 0 Å². The van der Waals surface area contributed by atoms with Gasteiger partial charge in [-0.1, -0.05) is 32.4 Å². The molecule has 3 heterocycles. The van der Waals surface area contributed by atoms with Gasteiger partial charge in [0.2, 0.25) is 11.7 Å². The Bertz CT molecular complexity index is 1310. The molecule has 4 rings (SSSR count). The highest BCUT2D eigenvalue weighted by atomic mass is 16.6. The predicted molar refractivity (Wildman–Crippen MR) is 161 cm³/mol. The van der Waals surface area contributed by atoms with Crippen LogP contribution in [0.4, 0.5) is 4.79 Å². The molecule has 2 amide bonds. The maximum atomic E-state index is 14.5. The fraction of sp³-hybridized carbons (Fsp3) is 0.656. The first-order chi connectivity index (χ1) is 20.3. The zero-order valence-electron chi connectivity index (χ0n) is 26.1. The summed E-state index contributed by atoms with van der Waals surface area (Å²) in [7, 11) is 0. The maximum absolute atomic E-state index is 14.5. The number of rotatable bonds is 10. The number of piperidine rings is 1. The Morgan fingerprint density at radius 2 is 1.74 bits per heavy atom. The number of aromatic nitrogens is 2. The van der Waals surface area contributed by atoms with Crippen molar-refractivity contribution in [3.8, 4) is 0 Å². The van der Waals surface area contributed by atoms with E-state index in [9.17, 15) is 24.3 Å². The number of morpholine rings is 1. The Hall–Kier alpha value is -3.47. The molecular weight excluding hydrogens is 552 g/mol. The Labute approximate surface area is 253 Å². The lowest BCUT2D eigenvalue weighted by atomic mass is 9.75. The summed E-state index contributed by atoms with van der Waals surface area (Å²) < 4.78 is 12.9. The molecule has 11 nitrogen and oxygen atoms in total. The van der Waals surface area contributed by atoms with E-state index < -0.39 is 29.5 Å². The number of carbonyl (C=O) groups is 4. The van der Waals surface area contributed by atoms with Crippen LogP contribution in [0.15, 0.2) is 24.3 Å². The van der Waals surface area contributed by atoms with Gasteiger partial charge < -0.3 is 28.9 Å². The Kier molecular flexibility index (Phi) is 10.5. The number of para-hydroxylation sites is 2. The van der Waals surface area contributed by atoms with E-state index in [0.717, 1.165) is 6.42 Å². The normalized spacial score (nSPS) is 20.3. The summed E-state index contributed by atoms with van der Waals surface area (Å²) in [4.78, 5) is 61.1. The van der Waals surface area contributed by atoms with E-state index in [1.807, 2.05) is 24.3 Å². The number of benzene rings is 1. The van der Waals surface area contributed by atoms with E-state index in [4.69, 9.17) is 9.47 Å². The van der Waals surface area contributed by atoms with E-state index in [0.29, 0.717) is 56.1 Å². The highest BCUT2D eigenvalue weighted by Gasteiger charge is 2.43. The van der Waals surface area contributed by atoms with Crippen LogP contribution < -0.4 is 0 Å². The third-order valence-corrected chi connectivity index (χ3v) is 8.19. The number of ketones is 1. The van der Waals surface area contributed by atoms with Crippen molar-refractivity contribution in [2.24, 2.45) is 23.7 Å². The maximum Gasteiger partial charge on any atom is 0.410 e. The van der Waals surface area contributed by atoms with Crippen molar-refractivity contribution in [3.05, 3.63) is 30.1 Å². The zero-order chi connectivity index (χ0) is 31.3. The van der Waals surface area contributed by atoms with Gasteiger partial charge in [-0.2, -0.15) is 0 Å². The second kappa shape index (κ2) is 13.9. The minimum absolute atomic E-state index is 0.0367. The third kappa shape index (κ3) is 8.34. The van der Waals surface area contributed by atoms with Gasteiger partial charge in [0.05, 0.1) is 36.6 Å². The monoisotopic (exact) mass is 598 g/mol. The summed E-state index contributed by atoms with van der Waals surface area (Å²) in [6, 6.07) is 7.33. The van der Waals surface area contributed by atoms with Crippen LogP contribution in [0.25, 0.3) is 11.0 Å². The molecule has 0 saturated carbocycles. The van der Waals surface area contributed by atoms with Crippen molar-refractivity contribution in [2.75, 3.05) is 39.4 Å². The molecule has 2 aliphatic rings. The van der Waals surface area contributed by atoms with Crippen LogP contribution in [-0.2, 0) is 25.6 Å². The number of ether oxygens (including phenoxy) is 2. The number of likely N-dealkylation sites (tertiary alicyclic amines) is 1. The van der Waals surface area contributed by atoms with Crippen LogP contribution in [0.3, 0.4) is 0 Å². The second-order valence-electron chi connectivity index (χ2n) is 13.2. The van der Waals surface area contributed by atoms with Gasteiger partial charge in [0, 0.05) is 38.6 Å². The molecule has 2 aliphatic heterocycles. The second-order valence-corrected chi connectivity index (χ2v) is 13.2. The highest BCUT2D eigenvalue weighted by Crippen LogP contribution is 2.35. The molecule has 11 heteroatoms. The summed E-state index contributed by atoms with van der Waals surface area (Å²) in [6.07, 6.45) is 1.14. The molecule has 1 unspecified atom stereocenters. The first-order valence-corrected chi connectivity index (χ1v) is 15.4. The number of hydrogen-bond donors (Lipinski definition) is 1. The van der Waals surface area contributed by atoms with Gasteiger partial charge in [0.15, 0.2) is 5.82 Å².